The SMILES string of the molecule is COc1ccc(N2C(=O)C(Cl)=C(Nc3cc(C(=O)N4CCCCC4)ccc3C)C2=O)c(OC)c1. The Morgan fingerprint density at radius 2 is 1.71 bits per heavy atom. The van der Waals surface area contributed by atoms with Gasteiger partial charge in [-0.1, -0.05) is 17.7 Å². The summed E-state index contributed by atoms with van der Waals surface area (Å²) < 4.78 is 10.5. The predicted octanol–water partition coefficient (Wildman–Crippen LogP) is 4.07. The van der Waals surface area contributed by atoms with Gasteiger partial charge in [-0.3, -0.25) is 14.4 Å². The molecule has 2 heterocycles. The van der Waals surface area contributed by atoms with Crippen molar-refractivity contribution in [3.05, 3.63) is 58.3 Å². The molecule has 4 rings (SSSR count). The monoisotopic (exact) mass is 483 g/mol. The molecule has 0 atom stereocenters. The van der Waals surface area contributed by atoms with E-state index < -0.39 is 11.8 Å². The largest absolute Gasteiger partial charge is 0.497 e. The highest BCUT2D eigenvalue weighted by Gasteiger charge is 2.40. The molecule has 0 radical (unpaired) electrons. The maximum Gasteiger partial charge on any atom is 0.283 e. The number of amides is 3. The van der Waals surface area contributed by atoms with Crippen LogP contribution in [0.4, 0.5) is 11.4 Å². The average molecular weight is 484 g/mol. The number of nitrogens with zero attached hydrogens (tertiary/aromatic N) is 2. The topological polar surface area (TPSA) is 88.2 Å². The molecule has 0 aromatic heterocycles. The van der Waals surface area contributed by atoms with E-state index >= 15 is 0 Å². The molecule has 9 heteroatoms. The predicted molar refractivity (Wildman–Crippen MR) is 129 cm³/mol. The smallest absolute Gasteiger partial charge is 0.283 e. The van der Waals surface area contributed by atoms with Crippen molar-refractivity contribution >= 4 is 40.7 Å². The number of nitrogens with one attached hydrogen (secondary N) is 1. The van der Waals surface area contributed by atoms with Crippen LogP contribution in [0.2, 0.25) is 0 Å². The maximum atomic E-state index is 13.3. The Labute approximate surface area is 203 Å². The minimum absolute atomic E-state index is 0.0544. The molecular formula is C25H26ClN3O5. The summed E-state index contributed by atoms with van der Waals surface area (Å²) in [5.41, 5.74) is 2.03. The molecule has 0 aliphatic carbocycles. The lowest BCUT2D eigenvalue weighted by Gasteiger charge is -2.27. The van der Waals surface area contributed by atoms with Gasteiger partial charge >= 0.3 is 0 Å². The Bertz CT molecular complexity index is 1190. The summed E-state index contributed by atoms with van der Waals surface area (Å²) in [6, 6.07) is 10.0. The summed E-state index contributed by atoms with van der Waals surface area (Å²) >= 11 is 6.31. The van der Waals surface area contributed by atoms with Gasteiger partial charge in [0.15, 0.2) is 0 Å². The zero-order valence-corrected chi connectivity index (χ0v) is 20.1. The van der Waals surface area contributed by atoms with Gasteiger partial charge in [-0.05, 0) is 56.0 Å². The molecule has 0 saturated carbocycles. The molecule has 8 nitrogen and oxygen atoms in total. The van der Waals surface area contributed by atoms with E-state index in [0.717, 1.165) is 42.8 Å². The molecule has 2 aromatic carbocycles. The fourth-order valence-corrected chi connectivity index (χ4v) is 4.32. The first kappa shape index (κ1) is 23.6. The molecule has 0 bridgehead atoms. The number of hydrogen-bond donors (Lipinski definition) is 1. The molecule has 0 spiro atoms. The van der Waals surface area contributed by atoms with Crippen molar-refractivity contribution in [2.45, 2.75) is 26.2 Å². The highest BCUT2D eigenvalue weighted by Crippen LogP contribution is 2.38. The Morgan fingerprint density at radius 1 is 0.971 bits per heavy atom. The molecule has 1 saturated heterocycles. The number of hydrogen-bond acceptors (Lipinski definition) is 6. The number of halogens is 1. The number of aryl methyl sites for hydroxylation is 1. The van der Waals surface area contributed by atoms with E-state index in [2.05, 4.69) is 5.32 Å². The third-order valence-corrected chi connectivity index (χ3v) is 6.39. The van der Waals surface area contributed by atoms with E-state index in [1.54, 1.807) is 36.4 Å². The third-order valence-electron chi connectivity index (χ3n) is 6.04. The van der Waals surface area contributed by atoms with E-state index in [1.165, 1.54) is 14.2 Å². The van der Waals surface area contributed by atoms with Crippen molar-refractivity contribution in [2.24, 2.45) is 0 Å². The van der Waals surface area contributed by atoms with E-state index in [0.29, 0.717) is 17.0 Å². The van der Waals surface area contributed by atoms with Crippen LogP contribution in [0.5, 0.6) is 11.5 Å². The summed E-state index contributed by atoms with van der Waals surface area (Å²) in [6.07, 6.45) is 3.11. The number of methoxy groups -OCH3 is 2. The Balaban J connectivity index is 1.62. The molecule has 3 amide bonds. The molecule has 2 aromatic rings. The van der Waals surface area contributed by atoms with Gasteiger partial charge in [-0.25, -0.2) is 4.90 Å². The van der Waals surface area contributed by atoms with Gasteiger partial charge in [0.1, 0.15) is 22.2 Å². The zero-order valence-electron chi connectivity index (χ0n) is 19.3. The summed E-state index contributed by atoms with van der Waals surface area (Å²) in [5, 5.41) is 2.76. The van der Waals surface area contributed by atoms with Crippen LogP contribution in [-0.4, -0.2) is 49.9 Å². The van der Waals surface area contributed by atoms with Crippen molar-refractivity contribution in [3.8, 4) is 11.5 Å². The van der Waals surface area contributed by atoms with E-state index in [9.17, 15) is 14.4 Å². The normalized spacial score (nSPS) is 16.2. The van der Waals surface area contributed by atoms with E-state index in [-0.39, 0.29) is 28.1 Å². The van der Waals surface area contributed by atoms with Crippen LogP contribution in [0.25, 0.3) is 0 Å². The van der Waals surface area contributed by atoms with Crippen LogP contribution >= 0.6 is 11.6 Å². The summed E-state index contributed by atoms with van der Waals surface area (Å²) in [4.78, 5) is 41.9. The van der Waals surface area contributed by atoms with Crippen molar-refractivity contribution < 1.29 is 23.9 Å². The first-order valence-corrected chi connectivity index (χ1v) is 11.4. The van der Waals surface area contributed by atoms with Gasteiger partial charge in [0.25, 0.3) is 17.7 Å². The Hall–Kier alpha value is -3.52. The van der Waals surface area contributed by atoms with Gasteiger partial charge in [-0.2, -0.15) is 0 Å². The first-order chi connectivity index (χ1) is 16.3. The summed E-state index contributed by atoms with van der Waals surface area (Å²) in [6.45, 7) is 3.31. The van der Waals surface area contributed by atoms with Crippen LogP contribution in [0, 0.1) is 6.92 Å². The molecular weight excluding hydrogens is 458 g/mol. The molecule has 2 aliphatic rings. The fraction of sp³-hybridized carbons (Fsp3) is 0.320. The quantitative estimate of drug-likeness (QED) is 0.623. The highest BCUT2D eigenvalue weighted by atomic mass is 35.5. The fourth-order valence-electron chi connectivity index (χ4n) is 4.10. The summed E-state index contributed by atoms with van der Waals surface area (Å²) in [5.74, 6) is -0.539. The lowest BCUT2D eigenvalue weighted by Crippen LogP contribution is -2.35. The van der Waals surface area contributed by atoms with E-state index in [4.69, 9.17) is 21.1 Å². The van der Waals surface area contributed by atoms with Gasteiger partial charge in [0.2, 0.25) is 0 Å². The van der Waals surface area contributed by atoms with Crippen LogP contribution in [0.1, 0.15) is 35.2 Å². The number of carbonyl (C=O) groups excluding carboxylic acids is 3. The minimum atomic E-state index is -0.671. The summed E-state index contributed by atoms with van der Waals surface area (Å²) in [7, 11) is 2.94. The average Bonchev–Trinajstić information content (AvgIpc) is 3.07. The number of imide groups is 1. The number of likely N-dealkylation sites (tertiary alicyclic amines) is 1. The third kappa shape index (κ3) is 4.33. The minimum Gasteiger partial charge on any atom is -0.497 e. The van der Waals surface area contributed by atoms with Crippen molar-refractivity contribution in [1.82, 2.24) is 4.90 Å². The number of carbonyl (C=O) groups is 3. The maximum absolute atomic E-state index is 13.3. The van der Waals surface area contributed by atoms with Gasteiger partial charge in [0, 0.05) is 30.4 Å². The lowest BCUT2D eigenvalue weighted by molar-refractivity contribution is -0.120. The second-order valence-electron chi connectivity index (χ2n) is 8.18. The molecule has 1 N–H and O–H groups in total. The van der Waals surface area contributed by atoms with Crippen LogP contribution in [0.15, 0.2) is 47.1 Å². The standard InChI is InChI=1S/C25H26ClN3O5/c1-15-7-8-16(23(30)28-11-5-4-6-12-28)13-18(15)27-22-21(26)24(31)29(25(22)32)19-10-9-17(33-2)14-20(19)34-3/h7-10,13-14,27H,4-6,11-12H2,1-3H3. The number of benzene rings is 2. The van der Waals surface area contributed by atoms with Crippen LogP contribution < -0.4 is 19.7 Å². The lowest BCUT2D eigenvalue weighted by atomic mass is 10.1. The number of anilines is 2. The zero-order chi connectivity index (χ0) is 24.4. The van der Waals surface area contributed by atoms with Gasteiger partial charge in [-0.15, -0.1) is 0 Å². The van der Waals surface area contributed by atoms with E-state index in [1.807, 2.05) is 11.8 Å². The van der Waals surface area contributed by atoms with Crippen molar-refractivity contribution in [1.29, 1.82) is 0 Å². The first-order valence-electron chi connectivity index (χ1n) is 11.0. The van der Waals surface area contributed by atoms with Crippen molar-refractivity contribution in [3.63, 3.8) is 0 Å². The molecule has 34 heavy (non-hydrogen) atoms. The number of piperidine rings is 1. The number of rotatable bonds is 6. The molecule has 1 fully saturated rings. The molecule has 2 aliphatic heterocycles. The highest BCUT2D eigenvalue weighted by molar-refractivity contribution is 6.53. The van der Waals surface area contributed by atoms with Gasteiger partial charge in [0.05, 0.1) is 19.9 Å². The Morgan fingerprint density at radius 3 is 2.38 bits per heavy atom. The van der Waals surface area contributed by atoms with Crippen LogP contribution in [0.3, 0.4) is 0 Å². The Kier molecular flexibility index (Phi) is 6.79. The van der Waals surface area contributed by atoms with Crippen molar-refractivity contribution in [2.75, 3.05) is 37.5 Å². The second kappa shape index (κ2) is 9.77. The number of ether oxygens (including phenoxy) is 2. The molecule has 178 valence electrons. The molecule has 0 unspecified atom stereocenters. The van der Waals surface area contributed by atoms with Crippen LogP contribution in [-0.2, 0) is 9.59 Å². The van der Waals surface area contributed by atoms with Gasteiger partial charge < -0.3 is 19.7 Å². The second-order valence-corrected chi connectivity index (χ2v) is 8.56.